The molecule has 7 nitrogen and oxygen atoms in total. The largest absolute Gasteiger partial charge is 0.469 e. The molecule has 8 heteroatoms. The lowest BCUT2D eigenvalue weighted by molar-refractivity contribution is 0.233. The molecule has 0 unspecified atom stereocenters. The van der Waals surface area contributed by atoms with Gasteiger partial charge in [-0.2, -0.15) is 0 Å². The molecule has 0 N–H and O–H groups in total. The molecule has 0 spiro atoms. The van der Waals surface area contributed by atoms with Crippen molar-refractivity contribution in [3.8, 4) is 5.19 Å². The van der Waals surface area contributed by atoms with Gasteiger partial charge in [0.15, 0.2) is 0 Å². The van der Waals surface area contributed by atoms with E-state index >= 15 is 0 Å². The normalized spacial score (nSPS) is 21.6. The number of ether oxygens (including phenoxy) is 1. The summed E-state index contributed by atoms with van der Waals surface area (Å²) in [4.78, 5) is 2.47. The fourth-order valence-electron chi connectivity index (χ4n) is 3.72. The maximum Gasteiger partial charge on any atom is 0.294 e. The third kappa shape index (κ3) is 3.17. The van der Waals surface area contributed by atoms with E-state index in [1.54, 1.807) is 11.3 Å². The highest BCUT2D eigenvalue weighted by molar-refractivity contribution is 7.13. The summed E-state index contributed by atoms with van der Waals surface area (Å²) in [6.45, 7) is 5.56. The van der Waals surface area contributed by atoms with Crippen molar-refractivity contribution in [2.45, 2.75) is 64.6 Å². The molecule has 2 aliphatic rings. The maximum absolute atomic E-state index is 5.44. The highest BCUT2D eigenvalue weighted by Crippen LogP contribution is 2.34. The van der Waals surface area contributed by atoms with Crippen molar-refractivity contribution in [3.63, 3.8) is 0 Å². The van der Waals surface area contributed by atoms with Crippen molar-refractivity contribution in [1.82, 2.24) is 29.9 Å². The van der Waals surface area contributed by atoms with Gasteiger partial charge in [-0.3, -0.25) is 4.90 Å². The molecular weight excluding hydrogens is 324 g/mol. The van der Waals surface area contributed by atoms with Crippen molar-refractivity contribution < 1.29 is 4.74 Å². The minimum atomic E-state index is 0.351. The molecule has 4 rings (SSSR count). The average Bonchev–Trinajstić information content (AvgIpc) is 3.26. The third-order valence-electron chi connectivity index (χ3n) is 4.85. The highest BCUT2D eigenvalue weighted by Gasteiger charge is 2.32. The summed E-state index contributed by atoms with van der Waals surface area (Å²) in [7, 11) is 0. The van der Waals surface area contributed by atoms with Gasteiger partial charge in [0, 0.05) is 13.0 Å². The first kappa shape index (κ1) is 16.0. The Morgan fingerprint density at radius 3 is 2.96 bits per heavy atom. The Balaban J connectivity index is 1.51. The average molecular weight is 348 g/mol. The molecule has 2 aromatic rings. The fourth-order valence-corrected chi connectivity index (χ4v) is 4.49. The Hall–Kier alpha value is -1.54. The van der Waals surface area contributed by atoms with Gasteiger partial charge in [-0.05, 0) is 39.2 Å². The molecule has 24 heavy (non-hydrogen) atoms. The summed E-state index contributed by atoms with van der Waals surface area (Å²) in [5.74, 6) is 2.32. The summed E-state index contributed by atoms with van der Waals surface area (Å²) in [5.41, 5.74) is 0. The molecule has 0 saturated carbocycles. The van der Waals surface area contributed by atoms with Crippen LogP contribution in [-0.2, 0) is 19.5 Å². The lowest BCUT2D eigenvalue weighted by atomic mass is 10.2. The highest BCUT2D eigenvalue weighted by atomic mass is 32.1. The second-order valence-corrected chi connectivity index (χ2v) is 7.48. The summed E-state index contributed by atoms with van der Waals surface area (Å²) in [6.07, 6.45) is 7.17. The van der Waals surface area contributed by atoms with Crippen LogP contribution < -0.4 is 4.74 Å². The molecule has 0 amide bonds. The number of aromatic nitrogens is 5. The van der Waals surface area contributed by atoms with Crippen LogP contribution in [-0.4, -0.2) is 43.0 Å². The van der Waals surface area contributed by atoms with Crippen LogP contribution in [0.5, 0.6) is 5.19 Å². The maximum atomic E-state index is 5.44. The van der Waals surface area contributed by atoms with E-state index in [0.717, 1.165) is 43.3 Å². The van der Waals surface area contributed by atoms with Crippen molar-refractivity contribution in [1.29, 1.82) is 0 Å². The van der Waals surface area contributed by atoms with Crippen LogP contribution in [0.3, 0.4) is 0 Å². The van der Waals surface area contributed by atoms with Crippen LogP contribution >= 0.6 is 11.3 Å². The van der Waals surface area contributed by atoms with Gasteiger partial charge >= 0.3 is 0 Å². The zero-order valence-electron chi connectivity index (χ0n) is 14.1. The van der Waals surface area contributed by atoms with E-state index in [9.17, 15) is 0 Å². The minimum absolute atomic E-state index is 0.351. The van der Waals surface area contributed by atoms with Gasteiger partial charge in [-0.25, -0.2) is 0 Å². The Kier molecular flexibility index (Phi) is 4.75. The zero-order chi connectivity index (χ0) is 16.4. The fraction of sp³-hybridized carbons (Fsp3) is 0.750. The van der Waals surface area contributed by atoms with Crippen molar-refractivity contribution in [2.75, 3.05) is 13.2 Å². The molecule has 1 saturated heterocycles. The van der Waals surface area contributed by atoms with Gasteiger partial charge in [-0.15, -0.1) is 20.4 Å². The van der Waals surface area contributed by atoms with Gasteiger partial charge < -0.3 is 9.30 Å². The Morgan fingerprint density at radius 2 is 2.04 bits per heavy atom. The van der Waals surface area contributed by atoms with E-state index in [-0.39, 0.29) is 0 Å². The first-order valence-electron chi connectivity index (χ1n) is 8.96. The Morgan fingerprint density at radius 1 is 1.08 bits per heavy atom. The van der Waals surface area contributed by atoms with Gasteiger partial charge in [0.25, 0.3) is 5.19 Å². The molecule has 130 valence electrons. The quantitative estimate of drug-likeness (QED) is 0.827. The van der Waals surface area contributed by atoms with Crippen LogP contribution in [0.15, 0.2) is 0 Å². The van der Waals surface area contributed by atoms with Crippen molar-refractivity contribution >= 4 is 11.3 Å². The zero-order valence-corrected chi connectivity index (χ0v) is 15.0. The van der Waals surface area contributed by atoms with Crippen LogP contribution in [0, 0.1) is 0 Å². The second kappa shape index (κ2) is 7.14. The van der Waals surface area contributed by atoms with Crippen LogP contribution in [0.1, 0.15) is 61.7 Å². The van der Waals surface area contributed by atoms with E-state index in [1.807, 2.05) is 6.92 Å². The van der Waals surface area contributed by atoms with Crippen LogP contribution in [0.4, 0.5) is 0 Å². The lowest BCUT2D eigenvalue weighted by Gasteiger charge is -2.23. The summed E-state index contributed by atoms with van der Waals surface area (Å²) in [5, 5.41) is 19.1. The number of nitrogens with zero attached hydrogens (tertiary/aromatic N) is 6. The number of fused-ring (bicyclic) bond motifs is 1. The predicted octanol–water partition coefficient (Wildman–Crippen LogP) is 2.59. The number of hydrogen-bond acceptors (Lipinski definition) is 7. The smallest absolute Gasteiger partial charge is 0.294 e. The molecule has 4 heterocycles. The van der Waals surface area contributed by atoms with E-state index in [2.05, 4.69) is 29.9 Å². The molecule has 2 aromatic heterocycles. The summed E-state index contributed by atoms with van der Waals surface area (Å²) < 4.78 is 7.81. The molecule has 2 aliphatic heterocycles. The van der Waals surface area contributed by atoms with E-state index in [0.29, 0.717) is 17.8 Å². The van der Waals surface area contributed by atoms with E-state index in [1.165, 1.54) is 31.5 Å². The molecule has 0 aromatic carbocycles. The number of aryl methyl sites for hydroxylation is 1. The number of likely N-dealkylation sites (tertiary alicyclic amines) is 1. The molecule has 0 bridgehead atoms. The van der Waals surface area contributed by atoms with Gasteiger partial charge in [0.1, 0.15) is 16.7 Å². The Labute approximate surface area is 146 Å². The molecule has 1 atom stereocenters. The monoisotopic (exact) mass is 348 g/mol. The first-order chi connectivity index (χ1) is 11.8. The standard InChI is InChI=1S/C16H24N6OS/c1-2-23-16-20-18-14(24-16)11-21-9-6-7-12(21)15-19-17-13-8-4-3-5-10-22(13)15/h12H,2-11H2,1H3/t12-/m1/s1. The minimum Gasteiger partial charge on any atom is -0.469 e. The van der Waals surface area contributed by atoms with Gasteiger partial charge in [0.05, 0.1) is 19.2 Å². The summed E-state index contributed by atoms with van der Waals surface area (Å²) in [6, 6.07) is 0.351. The second-order valence-electron chi connectivity index (χ2n) is 6.46. The SMILES string of the molecule is CCOc1nnc(CN2CCC[C@@H]2c2nnc3n2CCCCC3)s1. The molecule has 0 radical (unpaired) electrons. The molecule has 1 fully saturated rings. The third-order valence-corrected chi connectivity index (χ3v) is 5.67. The molecular formula is C16H24N6OS. The van der Waals surface area contributed by atoms with Crippen LogP contribution in [0.25, 0.3) is 0 Å². The Bertz CT molecular complexity index is 684. The van der Waals surface area contributed by atoms with Crippen molar-refractivity contribution in [2.24, 2.45) is 0 Å². The van der Waals surface area contributed by atoms with Crippen LogP contribution in [0.2, 0.25) is 0 Å². The van der Waals surface area contributed by atoms with Gasteiger partial charge in [-0.1, -0.05) is 17.8 Å². The lowest BCUT2D eigenvalue weighted by Crippen LogP contribution is -2.25. The summed E-state index contributed by atoms with van der Waals surface area (Å²) >= 11 is 1.55. The first-order valence-corrected chi connectivity index (χ1v) is 9.78. The van der Waals surface area contributed by atoms with Gasteiger partial charge in [0.2, 0.25) is 0 Å². The molecule has 0 aliphatic carbocycles. The number of hydrogen-bond donors (Lipinski definition) is 0. The topological polar surface area (TPSA) is 69.0 Å². The number of rotatable bonds is 5. The van der Waals surface area contributed by atoms with Crippen molar-refractivity contribution in [3.05, 3.63) is 16.7 Å². The predicted molar refractivity (Wildman–Crippen MR) is 91.0 cm³/mol. The van der Waals surface area contributed by atoms with E-state index in [4.69, 9.17) is 4.74 Å². The van der Waals surface area contributed by atoms with E-state index < -0.39 is 0 Å².